The van der Waals surface area contributed by atoms with Crippen molar-refractivity contribution in [2.45, 2.75) is 25.8 Å². The summed E-state index contributed by atoms with van der Waals surface area (Å²) in [6, 6.07) is 9.05. The average Bonchev–Trinajstić information content (AvgIpc) is 2.84. The summed E-state index contributed by atoms with van der Waals surface area (Å²) in [5.74, 6) is 0.744. The van der Waals surface area contributed by atoms with Gasteiger partial charge in [-0.15, -0.1) is 0 Å². The van der Waals surface area contributed by atoms with Crippen molar-refractivity contribution >= 4 is 0 Å². The Hall–Kier alpha value is -2.02. The minimum Gasteiger partial charge on any atom is -0.496 e. The molecule has 0 radical (unpaired) electrons. The zero-order valence-electron chi connectivity index (χ0n) is 11.5. The van der Waals surface area contributed by atoms with Gasteiger partial charge in [0.2, 0.25) is 0 Å². The van der Waals surface area contributed by atoms with Gasteiger partial charge in [-0.3, -0.25) is 4.68 Å². The van der Waals surface area contributed by atoms with Crippen molar-refractivity contribution in [1.82, 2.24) is 15.1 Å². The van der Waals surface area contributed by atoms with Crippen LogP contribution in [-0.4, -0.2) is 23.1 Å². The minimum absolute atomic E-state index is 0.300. The van der Waals surface area contributed by atoms with Gasteiger partial charge in [-0.2, -0.15) is 18.3 Å². The van der Waals surface area contributed by atoms with Crippen LogP contribution in [0.15, 0.2) is 36.5 Å². The summed E-state index contributed by atoms with van der Waals surface area (Å²) in [5.41, 5.74) is 1.43. The van der Waals surface area contributed by atoms with Crippen molar-refractivity contribution in [2.24, 2.45) is 0 Å². The van der Waals surface area contributed by atoms with Crippen molar-refractivity contribution in [3.63, 3.8) is 0 Å². The number of halogens is 3. The molecule has 0 fully saturated rings. The van der Waals surface area contributed by atoms with Crippen LogP contribution < -0.4 is 10.1 Å². The molecule has 0 amide bonds. The summed E-state index contributed by atoms with van der Waals surface area (Å²) in [6.07, 6.45) is -2.91. The van der Waals surface area contributed by atoms with Gasteiger partial charge in [0.25, 0.3) is 0 Å². The quantitative estimate of drug-likeness (QED) is 0.891. The third-order valence-corrected chi connectivity index (χ3v) is 2.95. The van der Waals surface area contributed by atoms with Crippen LogP contribution in [0.5, 0.6) is 5.75 Å². The molecule has 1 N–H and O–H groups in total. The first-order chi connectivity index (χ1) is 9.99. The fourth-order valence-corrected chi connectivity index (χ4v) is 2.00. The molecule has 2 aromatic rings. The second-order valence-corrected chi connectivity index (χ2v) is 4.51. The van der Waals surface area contributed by atoms with E-state index in [4.69, 9.17) is 4.74 Å². The number of rotatable bonds is 6. The summed E-state index contributed by atoms with van der Waals surface area (Å²) in [6.45, 7) is -0.277. The summed E-state index contributed by atoms with van der Waals surface area (Å²) < 4.78 is 43.3. The lowest BCUT2D eigenvalue weighted by Gasteiger charge is -2.12. The van der Waals surface area contributed by atoms with E-state index in [1.165, 1.54) is 6.20 Å². The van der Waals surface area contributed by atoms with E-state index < -0.39 is 12.7 Å². The van der Waals surface area contributed by atoms with Crippen molar-refractivity contribution in [2.75, 3.05) is 7.11 Å². The van der Waals surface area contributed by atoms with E-state index in [1.807, 2.05) is 24.3 Å². The van der Waals surface area contributed by atoms with E-state index >= 15 is 0 Å². The molecular weight excluding hydrogens is 283 g/mol. The van der Waals surface area contributed by atoms with Crippen molar-refractivity contribution in [3.8, 4) is 5.75 Å². The molecule has 0 aliphatic rings. The lowest BCUT2D eigenvalue weighted by molar-refractivity contribution is -0.143. The summed E-state index contributed by atoms with van der Waals surface area (Å²) in [5, 5.41) is 6.79. The average molecular weight is 299 g/mol. The molecular formula is C14H16F3N3O. The van der Waals surface area contributed by atoms with Crippen LogP contribution in [0.3, 0.4) is 0 Å². The molecule has 21 heavy (non-hydrogen) atoms. The summed E-state index contributed by atoms with van der Waals surface area (Å²) in [4.78, 5) is 0. The second kappa shape index (κ2) is 6.62. The molecule has 0 spiro atoms. The first-order valence-corrected chi connectivity index (χ1v) is 6.39. The number of alkyl halides is 3. The van der Waals surface area contributed by atoms with Gasteiger partial charge in [0.1, 0.15) is 12.3 Å². The molecule has 1 aromatic carbocycles. The number of hydrogen-bond donors (Lipinski definition) is 1. The van der Waals surface area contributed by atoms with E-state index in [-0.39, 0.29) is 0 Å². The third kappa shape index (κ3) is 4.49. The van der Waals surface area contributed by atoms with Crippen LogP contribution in [0, 0.1) is 0 Å². The monoisotopic (exact) mass is 299 g/mol. The first-order valence-electron chi connectivity index (χ1n) is 6.39. The molecule has 1 heterocycles. The number of para-hydroxylation sites is 1. The molecule has 114 valence electrons. The van der Waals surface area contributed by atoms with Crippen LogP contribution in [0.25, 0.3) is 0 Å². The Morgan fingerprint density at radius 3 is 2.67 bits per heavy atom. The van der Waals surface area contributed by atoms with Gasteiger partial charge in [-0.25, -0.2) is 0 Å². The number of benzene rings is 1. The summed E-state index contributed by atoms with van der Waals surface area (Å²) >= 11 is 0. The van der Waals surface area contributed by atoms with Crippen LogP contribution in [0.1, 0.15) is 11.3 Å². The predicted molar refractivity (Wildman–Crippen MR) is 71.8 cm³/mol. The maximum atomic E-state index is 12.4. The fraction of sp³-hybridized carbons (Fsp3) is 0.357. The molecule has 0 aliphatic carbocycles. The maximum Gasteiger partial charge on any atom is 0.408 e. The number of hydrogen-bond acceptors (Lipinski definition) is 3. The lowest BCUT2D eigenvalue weighted by atomic mass is 10.2. The normalized spacial score (nSPS) is 11.6. The van der Waals surface area contributed by atoms with E-state index in [9.17, 15) is 13.2 Å². The highest BCUT2D eigenvalue weighted by Gasteiger charge is 2.29. The Balaban J connectivity index is 1.94. The van der Waals surface area contributed by atoms with Gasteiger partial charge < -0.3 is 10.1 Å². The lowest BCUT2D eigenvalue weighted by Crippen LogP contribution is -2.23. The molecule has 0 atom stereocenters. The topological polar surface area (TPSA) is 39.1 Å². The molecule has 0 unspecified atom stereocenters. The van der Waals surface area contributed by atoms with Crippen molar-refractivity contribution in [3.05, 3.63) is 47.8 Å². The maximum absolute atomic E-state index is 12.4. The second-order valence-electron chi connectivity index (χ2n) is 4.51. The van der Waals surface area contributed by atoms with Gasteiger partial charge in [0, 0.05) is 24.8 Å². The predicted octanol–water partition coefficient (Wildman–Crippen LogP) is 2.74. The fourth-order valence-electron chi connectivity index (χ4n) is 2.00. The Kier molecular flexibility index (Phi) is 4.85. The van der Waals surface area contributed by atoms with Gasteiger partial charge in [0.15, 0.2) is 0 Å². The van der Waals surface area contributed by atoms with Crippen molar-refractivity contribution < 1.29 is 17.9 Å². The molecule has 2 rings (SSSR count). The number of aromatic nitrogens is 2. The smallest absolute Gasteiger partial charge is 0.408 e. The van der Waals surface area contributed by atoms with E-state index in [1.54, 1.807) is 13.2 Å². The Bertz CT molecular complexity index is 581. The number of ether oxygens (including phenoxy) is 1. The Labute approximate surface area is 120 Å². The van der Waals surface area contributed by atoms with E-state index in [2.05, 4.69) is 10.4 Å². The Morgan fingerprint density at radius 2 is 1.95 bits per heavy atom. The van der Waals surface area contributed by atoms with Gasteiger partial charge in [-0.1, -0.05) is 18.2 Å². The standard InChI is InChI=1S/C14H16F3N3O/c1-21-13-5-3-2-4-11(13)8-18-9-12-6-7-19-20(12)10-14(15,16)17/h2-7,18H,8-10H2,1H3. The first kappa shape index (κ1) is 15.4. The highest BCUT2D eigenvalue weighted by Crippen LogP contribution is 2.19. The van der Waals surface area contributed by atoms with Crippen LogP contribution in [-0.2, 0) is 19.6 Å². The van der Waals surface area contributed by atoms with Crippen LogP contribution in [0.4, 0.5) is 13.2 Å². The number of nitrogens with zero attached hydrogens (tertiary/aromatic N) is 2. The zero-order chi connectivity index (χ0) is 15.3. The highest BCUT2D eigenvalue weighted by molar-refractivity contribution is 5.32. The molecule has 1 aromatic heterocycles. The van der Waals surface area contributed by atoms with Crippen molar-refractivity contribution in [1.29, 1.82) is 0 Å². The van der Waals surface area contributed by atoms with Gasteiger partial charge in [0.05, 0.1) is 12.8 Å². The molecule has 0 saturated carbocycles. The minimum atomic E-state index is -4.27. The molecule has 7 heteroatoms. The van der Waals surface area contributed by atoms with E-state index in [0.717, 1.165) is 16.0 Å². The third-order valence-electron chi connectivity index (χ3n) is 2.95. The molecule has 4 nitrogen and oxygen atoms in total. The van der Waals surface area contributed by atoms with Crippen LogP contribution in [0.2, 0.25) is 0 Å². The zero-order valence-corrected chi connectivity index (χ0v) is 11.5. The largest absolute Gasteiger partial charge is 0.496 e. The highest BCUT2D eigenvalue weighted by atomic mass is 19.4. The van der Waals surface area contributed by atoms with Gasteiger partial charge >= 0.3 is 6.18 Å². The molecule has 0 bridgehead atoms. The summed E-state index contributed by atoms with van der Waals surface area (Å²) in [7, 11) is 1.58. The number of methoxy groups -OCH3 is 1. The SMILES string of the molecule is COc1ccccc1CNCc1ccnn1CC(F)(F)F. The van der Waals surface area contributed by atoms with E-state index in [0.29, 0.717) is 18.8 Å². The molecule has 0 saturated heterocycles. The number of nitrogens with one attached hydrogen (secondary N) is 1. The van der Waals surface area contributed by atoms with Crippen LogP contribution >= 0.6 is 0 Å². The Morgan fingerprint density at radius 1 is 1.19 bits per heavy atom. The molecule has 0 aliphatic heterocycles. The van der Waals surface area contributed by atoms with Gasteiger partial charge in [-0.05, 0) is 12.1 Å².